The van der Waals surface area contributed by atoms with E-state index in [0.717, 1.165) is 22.5 Å². The van der Waals surface area contributed by atoms with Crippen molar-refractivity contribution in [1.82, 2.24) is 9.78 Å². The highest BCUT2D eigenvalue weighted by Gasteiger charge is 2.10. The topological polar surface area (TPSA) is 34.9 Å². The molecular weight excluding hydrogens is 308 g/mol. The second-order valence-electron chi connectivity index (χ2n) is 5.16. The van der Waals surface area contributed by atoms with Crippen LogP contribution in [-0.4, -0.2) is 15.6 Å². The van der Waals surface area contributed by atoms with Crippen molar-refractivity contribution in [1.29, 1.82) is 0 Å². The van der Waals surface area contributed by atoms with Gasteiger partial charge in [-0.3, -0.25) is 4.79 Å². The van der Waals surface area contributed by atoms with E-state index in [1.807, 2.05) is 65.5 Å². The molecule has 0 aliphatic carbocycles. The lowest BCUT2D eigenvalue weighted by molar-refractivity contribution is -0.112. The van der Waals surface area contributed by atoms with Crippen LogP contribution >= 0.6 is 11.6 Å². The minimum atomic E-state index is -0.000447. The largest absolute Gasteiger partial charge is 0.295 e. The van der Waals surface area contributed by atoms with Crippen LogP contribution in [0.3, 0.4) is 0 Å². The number of ketones is 1. The van der Waals surface area contributed by atoms with Crippen molar-refractivity contribution >= 4 is 23.5 Å². The molecular formula is C19H15ClN2O. The van der Waals surface area contributed by atoms with E-state index in [4.69, 9.17) is 11.6 Å². The molecule has 0 fully saturated rings. The number of halogens is 1. The van der Waals surface area contributed by atoms with Gasteiger partial charge >= 0.3 is 0 Å². The molecule has 0 amide bonds. The minimum absolute atomic E-state index is 0.000447. The van der Waals surface area contributed by atoms with Gasteiger partial charge in [0.15, 0.2) is 5.78 Å². The van der Waals surface area contributed by atoms with Crippen LogP contribution < -0.4 is 0 Å². The molecule has 3 aromatic rings. The van der Waals surface area contributed by atoms with Crippen molar-refractivity contribution in [2.24, 2.45) is 0 Å². The molecule has 2 aromatic carbocycles. The van der Waals surface area contributed by atoms with Gasteiger partial charge in [0.2, 0.25) is 0 Å². The average molecular weight is 323 g/mol. The molecule has 23 heavy (non-hydrogen) atoms. The maximum absolute atomic E-state index is 11.3. The zero-order chi connectivity index (χ0) is 16.2. The Kier molecular flexibility index (Phi) is 4.40. The molecule has 1 aromatic heterocycles. The van der Waals surface area contributed by atoms with E-state index in [1.54, 1.807) is 12.2 Å². The van der Waals surface area contributed by atoms with Crippen molar-refractivity contribution in [3.63, 3.8) is 0 Å². The lowest BCUT2D eigenvalue weighted by atomic mass is 10.1. The lowest BCUT2D eigenvalue weighted by Crippen LogP contribution is -1.93. The van der Waals surface area contributed by atoms with E-state index < -0.39 is 0 Å². The Hall–Kier alpha value is -2.65. The summed E-state index contributed by atoms with van der Waals surface area (Å²) in [7, 11) is 0. The predicted molar refractivity (Wildman–Crippen MR) is 93.7 cm³/mol. The van der Waals surface area contributed by atoms with Crippen LogP contribution in [-0.2, 0) is 4.79 Å². The smallest absolute Gasteiger partial charge is 0.152 e. The zero-order valence-corrected chi connectivity index (χ0v) is 13.4. The minimum Gasteiger partial charge on any atom is -0.295 e. The van der Waals surface area contributed by atoms with E-state index in [2.05, 4.69) is 5.10 Å². The molecule has 0 unspecified atom stereocenters. The Balaban J connectivity index is 2.10. The summed E-state index contributed by atoms with van der Waals surface area (Å²) in [6.45, 7) is 1.53. The quantitative estimate of drug-likeness (QED) is 0.647. The number of hydrogen-bond donors (Lipinski definition) is 0. The summed E-state index contributed by atoms with van der Waals surface area (Å²) < 4.78 is 1.81. The zero-order valence-electron chi connectivity index (χ0n) is 12.6. The van der Waals surface area contributed by atoms with Gasteiger partial charge in [0, 0.05) is 22.3 Å². The van der Waals surface area contributed by atoms with E-state index in [0.29, 0.717) is 5.02 Å². The fourth-order valence-corrected chi connectivity index (χ4v) is 2.39. The second-order valence-corrected chi connectivity index (χ2v) is 5.60. The van der Waals surface area contributed by atoms with Crippen LogP contribution in [0.1, 0.15) is 12.5 Å². The summed E-state index contributed by atoms with van der Waals surface area (Å²) in [5, 5.41) is 5.35. The van der Waals surface area contributed by atoms with Gasteiger partial charge in [-0.15, -0.1) is 0 Å². The first-order valence-corrected chi connectivity index (χ1v) is 7.61. The first kappa shape index (κ1) is 15.3. The van der Waals surface area contributed by atoms with Crippen LogP contribution in [0.25, 0.3) is 23.0 Å². The number of benzene rings is 2. The third kappa shape index (κ3) is 3.58. The molecule has 3 rings (SSSR count). The van der Waals surface area contributed by atoms with Crippen molar-refractivity contribution in [2.45, 2.75) is 6.92 Å². The Morgan fingerprint density at radius 2 is 1.78 bits per heavy atom. The maximum Gasteiger partial charge on any atom is 0.152 e. The van der Waals surface area contributed by atoms with Crippen LogP contribution in [0, 0.1) is 0 Å². The summed E-state index contributed by atoms with van der Waals surface area (Å²) >= 11 is 5.96. The molecule has 0 radical (unpaired) electrons. The number of nitrogens with zero attached hydrogens (tertiary/aromatic N) is 2. The molecule has 0 saturated carbocycles. The number of carbonyl (C=O) groups is 1. The van der Waals surface area contributed by atoms with Crippen molar-refractivity contribution in [3.05, 3.63) is 77.5 Å². The summed E-state index contributed by atoms with van der Waals surface area (Å²) in [6, 6.07) is 17.4. The van der Waals surface area contributed by atoms with Gasteiger partial charge in [0.25, 0.3) is 0 Å². The molecule has 1 heterocycles. The molecule has 4 heteroatoms. The van der Waals surface area contributed by atoms with E-state index in [9.17, 15) is 4.79 Å². The first-order valence-electron chi connectivity index (χ1n) is 7.23. The molecule has 3 nitrogen and oxygen atoms in total. The number of hydrogen-bond acceptors (Lipinski definition) is 2. The molecule has 0 N–H and O–H groups in total. The van der Waals surface area contributed by atoms with Gasteiger partial charge in [-0.25, -0.2) is 4.68 Å². The van der Waals surface area contributed by atoms with Gasteiger partial charge in [0.1, 0.15) is 0 Å². The lowest BCUT2D eigenvalue weighted by Gasteiger charge is -2.00. The molecule has 0 aliphatic heterocycles. The number of para-hydroxylation sites is 1. The highest BCUT2D eigenvalue weighted by molar-refractivity contribution is 6.30. The van der Waals surface area contributed by atoms with E-state index >= 15 is 0 Å². The van der Waals surface area contributed by atoms with E-state index in [1.165, 1.54) is 6.92 Å². The molecule has 0 saturated heterocycles. The van der Waals surface area contributed by atoms with Crippen molar-refractivity contribution in [2.75, 3.05) is 0 Å². The summed E-state index contributed by atoms with van der Waals surface area (Å²) in [5.74, 6) is -0.000447. The Morgan fingerprint density at radius 1 is 1.09 bits per heavy atom. The number of aromatic nitrogens is 2. The normalized spacial score (nSPS) is 11.0. The number of carbonyl (C=O) groups excluding carboxylic acids is 1. The van der Waals surface area contributed by atoms with Crippen molar-refractivity contribution in [3.8, 4) is 16.9 Å². The van der Waals surface area contributed by atoms with Gasteiger partial charge in [0.05, 0.1) is 11.4 Å². The summed E-state index contributed by atoms with van der Waals surface area (Å²) in [5.41, 5.74) is 3.60. The summed E-state index contributed by atoms with van der Waals surface area (Å²) in [4.78, 5) is 11.3. The number of allylic oxidation sites excluding steroid dienone is 1. The number of rotatable bonds is 4. The molecule has 114 valence electrons. The molecule has 0 atom stereocenters. The Bertz CT molecular complexity index is 849. The predicted octanol–water partition coefficient (Wildman–Crippen LogP) is 4.79. The van der Waals surface area contributed by atoms with Crippen LogP contribution in [0.2, 0.25) is 5.02 Å². The fraction of sp³-hybridized carbons (Fsp3) is 0.0526. The SMILES string of the molecule is CC(=O)C=Cc1cn(-c2ccccc2)nc1-c1ccc(Cl)cc1. The molecule has 0 spiro atoms. The van der Waals surface area contributed by atoms with Gasteiger partial charge < -0.3 is 0 Å². The van der Waals surface area contributed by atoms with Crippen molar-refractivity contribution < 1.29 is 4.79 Å². The maximum atomic E-state index is 11.3. The van der Waals surface area contributed by atoms with Gasteiger partial charge in [-0.05, 0) is 43.3 Å². The third-order valence-corrected chi connectivity index (χ3v) is 3.63. The third-order valence-electron chi connectivity index (χ3n) is 3.38. The molecule has 0 aliphatic rings. The standard InChI is InChI=1S/C19H15ClN2O/c1-14(23)7-8-16-13-22(18-5-3-2-4-6-18)21-19(16)15-9-11-17(20)12-10-15/h2-13H,1H3. The Morgan fingerprint density at radius 3 is 2.43 bits per heavy atom. The van der Waals surface area contributed by atoms with Crippen LogP contribution in [0.4, 0.5) is 0 Å². The first-order chi connectivity index (χ1) is 11.1. The highest BCUT2D eigenvalue weighted by Crippen LogP contribution is 2.26. The van der Waals surface area contributed by atoms with E-state index in [-0.39, 0.29) is 5.78 Å². The summed E-state index contributed by atoms with van der Waals surface area (Å²) in [6.07, 6.45) is 5.25. The Labute approximate surface area is 139 Å². The molecule has 0 bridgehead atoms. The fourth-order valence-electron chi connectivity index (χ4n) is 2.26. The monoisotopic (exact) mass is 322 g/mol. The average Bonchev–Trinajstić information content (AvgIpc) is 2.99. The second kappa shape index (κ2) is 6.63. The van der Waals surface area contributed by atoms with Gasteiger partial charge in [-0.1, -0.05) is 41.9 Å². The van der Waals surface area contributed by atoms with Crippen LogP contribution in [0.15, 0.2) is 66.9 Å². The highest BCUT2D eigenvalue weighted by atomic mass is 35.5. The van der Waals surface area contributed by atoms with Crippen LogP contribution in [0.5, 0.6) is 0 Å². The van der Waals surface area contributed by atoms with Gasteiger partial charge in [-0.2, -0.15) is 5.10 Å².